The fourth-order valence-electron chi connectivity index (χ4n) is 3.28. The summed E-state index contributed by atoms with van der Waals surface area (Å²) < 4.78 is 16.1. The van der Waals surface area contributed by atoms with Crippen molar-refractivity contribution in [2.75, 3.05) is 36.8 Å². The minimum Gasteiger partial charge on any atom is -0.368 e. The molecule has 1 aliphatic heterocycles. The number of carbonyl (C=O) groups is 1. The molecule has 0 radical (unpaired) electrons. The summed E-state index contributed by atoms with van der Waals surface area (Å²) in [6.07, 6.45) is 3.65. The highest BCUT2D eigenvalue weighted by molar-refractivity contribution is 9.10. The highest BCUT2D eigenvalue weighted by atomic mass is 79.9. The highest BCUT2D eigenvalue weighted by Gasteiger charge is 2.22. The SMILES string of the molecule is O=C(CSc1nccn1-c1ccc(Br)cc1)N1CCN(c2ccc(F)cc2)CC1. The van der Waals surface area contributed by atoms with Gasteiger partial charge in [0.05, 0.1) is 5.75 Å². The Morgan fingerprint density at radius 3 is 2.34 bits per heavy atom. The van der Waals surface area contributed by atoms with Crippen LogP contribution < -0.4 is 4.90 Å². The summed E-state index contributed by atoms with van der Waals surface area (Å²) in [5, 5.41) is 0.797. The van der Waals surface area contributed by atoms with E-state index in [0.29, 0.717) is 18.8 Å². The summed E-state index contributed by atoms with van der Waals surface area (Å²) in [4.78, 5) is 21.1. The number of piperazine rings is 1. The van der Waals surface area contributed by atoms with Crippen LogP contribution in [0.4, 0.5) is 10.1 Å². The first kappa shape index (κ1) is 20.0. The molecule has 0 unspecified atom stereocenters. The van der Waals surface area contributed by atoms with Crippen molar-refractivity contribution in [1.29, 1.82) is 0 Å². The quantitative estimate of drug-likeness (QED) is 0.519. The lowest BCUT2D eigenvalue weighted by Crippen LogP contribution is -2.49. The van der Waals surface area contributed by atoms with E-state index >= 15 is 0 Å². The Morgan fingerprint density at radius 2 is 1.66 bits per heavy atom. The summed E-state index contributed by atoms with van der Waals surface area (Å²) in [7, 11) is 0. The van der Waals surface area contributed by atoms with Crippen molar-refractivity contribution in [1.82, 2.24) is 14.5 Å². The van der Waals surface area contributed by atoms with Crippen LogP contribution in [0.25, 0.3) is 5.69 Å². The van der Waals surface area contributed by atoms with Gasteiger partial charge in [-0.15, -0.1) is 0 Å². The van der Waals surface area contributed by atoms with Crippen molar-refractivity contribution < 1.29 is 9.18 Å². The molecule has 1 aliphatic rings. The Kier molecular flexibility index (Phi) is 6.20. The minimum absolute atomic E-state index is 0.110. The average molecular weight is 475 g/mol. The average Bonchev–Trinajstić information content (AvgIpc) is 3.22. The number of thioether (sulfide) groups is 1. The number of benzene rings is 2. The minimum atomic E-state index is -0.235. The van der Waals surface area contributed by atoms with Gasteiger partial charge in [-0.2, -0.15) is 0 Å². The molecular weight excluding hydrogens is 455 g/mol. The lowest BCUT2D eigenvalue weighted by Gasteiger charge is -2.36. The standard InChI is InChI=1S/C21H20BrFN4OS/c22-16-1-5-19(6-2-16)27-10-9-24-21(27)29-15-20(28)26-13-11-25(12-14-26)18-7-3-17(23)4-8-18/h1-10H,11-15H2. The number of imidazole rings is 1. The summed E-state index contributed by atoms with van der Waals surface area (Å²) in [5.41, 5.74) is 2.00. The molecule has 1 amide bonds. The number of carbonyl (C=O) groups excluding carboxylic acids is 1. The molecule has 0 bridgehead atoms. The molecule has 0 spiro atoms. The first-order chi connectivity index (χ1) is 14.1. The Bertz CT molecular complexity index is 969. The smallest absolute Gasteiger partial charge is 0.233 e. The summed E-state index contributed by atoms with van der Waals surface area (Å²) >= 11 is 4.89. The van der Waals surface area contributed by atoms with Gasteiger partial charge in [0, 0.05) is 54.4 Å². The Labute approximate surface area is 181 Å². The Hall–Kier alpha value is -2.32. The van der Waals surface area contributed by atoms with Crippen LogP contribution in [0.5, 0.6) is 0 Å². The van der Waals surface area contributed by atoms with Crippen LogP contribution in [0.2, 0.25) is 0 Å². The topological polar surface area (TPSA) is 41.4 Å². The molecule has 5 nitrogen and oxygen atoms in total. The van der Waals surface area contributed by atoms with Crippen LogP contribution in [-0.2, 0) is 4.79 Å². The molecule has 0 saturated carbocycles. The molecule has 1 fully saturated rings. The zero-order chi connectivity index (χ0) is 20.2. The van der Waals surface area contributed by atoms with E-state index in [-0.39, 0.29) is 11.7 Å². The van der Waals surface area contributed by atoms with Crippen LogP contribution in [0.15, 0.2) is 70.6 Å². The number of nitrogens with zero attached hydrogens (tertiary/aromatic N) is 4. The van der Waals surface area contributed by atoms with E-state index < -0.39 is 0 Å². The molecule has 1 aromatic heterocycles. The second-order valence-corrected chi connectivity index (χ2v) is 8.55. The van der Waals surface area contributed by atoms with Crippen molar-refractivity contribution >= 4 is 39.3 Å². The number of amides is 1. The third-order valence-electron chi connectivity index (χ3n) is 4.86. The molecule has 150 valence electrons. The predicted octanol–water partition coefficient (Wildman–Crippen LogP) is 4.21. The fourth-order valence-corrected chi connectivity index (χ4v) is 4.42. The lowest BCUT2D eigenvalue weighted by molar-refractivity contribution is -0.128. The zero-order valence-corrected chi connectivity index (χ0v) is 18.1. The van der Waals surface area contributed by atoms with E-state index in [9.17, 15) is 9.18 Å². The largest absolute Gasteiger partial charge is 0.368 e. The predicted molar refractivity (Wildman–Crippen MR) is 117 cm³/mol. The van der Waals surface area contributed by atoms with Gasteiger partial charge >= 0.3 is 0 Å². The second kappa shape index (κ2) is 9.00. The van der Waals surface area contributed by atoms with Gasteiger partial charge in [-0.25, -0.2) is 9.37 Å². The lowest BCUT2D eigenvalue weighted by atomic mass is 10.2. The maximum absolute atomic E-state index is 13.1. The number of hydrogen-bond donors (Lipinski definition) is 0. The van der Waals surface area contributed by atoms with Crippen LogP contribution in [0.3, 0.4) is 0 Å². The number of rotatable bonds is 5. The molecule has 0 N–H and O–H groups in total. The number of hydrogen-bond acceptors (Lipinski definition) is 4. The molecule has 29 heavy (non-hydrogen) atoms. The molecule has 8 heteroatoms. The maximum Gasteiger partial charge on any atom is 0.233 e. The number of halogens is 2. The third kappa shape index (κ3) is 4.82. The first-order valence-electron chi connectivity index (χ1n) is 9.30. The molecular formula is C21H20BrFN4OS. The van der Waals surface area contributed by atoms with Gasteiger partial charge in [0.2, 0.25) is 5.91 Å². The van der Waals surface area contributed by atoms with E-state index in [0.717, 1.165) is 34.1 Å². The van der Waals surface area contributed by atoms with Crippen LogP contribution in [0, 0.1) is 5.82 Å². The van der Waals surface area contributed by atoms with E-state index in [2.05, 4.69) is 25.8 Å². The summed E-state index contributed by atoms with van der Waals surface area (Å²) in [6, 6.07) is 14.5. The van der Waals surface area contributed by atoms with Gasteiger partial charge < -0.3 is 9.80 Å². The van der Waals surface area contributed by atoms with Gasteiger partial charge in [-0.3, -0.25) is 9.36 Å². The van der Waals surface area contributed by atoms with Crippen LogP contribution >= 0.6 is 27.7 Å². The number of aromatic nitrogens is 2. The van der Waals surface area contributed by atoms with E-state index in [4.69, 9.17) is 0 Å². The Balaban J connectivity index is 1.32. The van der Waals surface area contributed by atoms with Gasteiger partial charge in [-0.1, -0.05) is 27.7 Å². The van der Waals surface area contributed by atoms with Crippen molar-refractivity contribution in [2.24, 2.45) is 0 Å². The van der Waals surface area contributed by atoms with Gasteiger partial charge in [0.25, 0.3) is 0 Å². The molecule has 2 heterocycles. The van der Waals surface area contributed by atoms with Gasteiger partial charge in [0.1, 0.15) is 5.82 Å². The first-order valence-corrected chi connectivity index (χ1v) is 11.1. The van der Waals surface area contributed by atoms with Crippen LogP contribution in [0.1, 0.15) is 0 Å². The van der Waals surface area contributed by atoms with E-state index in [1.807, 2.05) is 39.9 Å². The summed E-state index contributed by atoms with van der Waals surface area (Å²) in [5.74, 6) is 0.226. The van der Waals surface area contributed by atoms with Crippen molar-refractivity contribution in [3.8, 4) is 5.69 Å². The molecule has 0 atom stereocenters. The molecule has 0 aliphatic carbocycles. The Morgan fingerprint density at radius 1 is 1.00 bits per heavy atom. The van der Waals surface area contributed by atoms with Crippen LogP contribution in [-0.4, -0.2) is 52.3 Å². The molecule has 1 saturated heterocycles. The normalized spacial score (nSPS) is 14.3. The highest BCUT2D eigenvalue weighted by Crippen LogP contribution is 2.23. The third-order valence-corrected chi connectivity index (χ3v) is 6.34. The van der Waals surface area contributed by atoms with Crippen molar-refractivity contribution in [2.45, 2.75) is 5.16 Å². The molecule has 2 aromatic carbocycles. The molecule has 4 rings (SSSR count). The number of anilines is 1. The van der Waals surface area contributed by atoms with Crippen molar-refractivity contribution in [3.05, 3.63) is 71.2 Å². The monoisotopic (exact) mass is 474 g/mol. The maximum atomic E-state index is 13.1. The second-order valence-electron chi connectivity index (χ2n) is 6.69. The fraction of sp³-hybridized carbons (Fsp3) is 0.238. The van der Waals surface area contributed by atoms with Crippen molar-refractivity contribution in [3.63, 3.8) is 0 Å². The van der Waals surface area contributed by atoms with E-state index in [1.165, 1.54) is 23.9 Å². The van der Waals surface area contributed by atoms with Gasteiger partial charge in [-0.05, 0) is 48.5 Å². The van der Waals surface area contributed by atoms with E-state index in [1.54, 1.807) is 18.3 Å². The van der Waals surface area contributed by atoms with Gasteiger partial charge in [0.15, 0.2) is 5.16 Å². The zero-order valence-electron chi connectivity index (χ0n) is 15.7. The molecule has 3 aromatic rings. The summed E-state index contributed by atoms with van der Waals surface area (Å²) in [6.45, 7) is 2.82.